The number of likely N-dealkylation sites (N-methyl/N-ethyl adjacent to an activating group) is 1. The third-order valence-electron chi connectivity index (χ3n) is 4.04. The minimum absolute atomic E-state index is 0.0496. The third-order valence-corrected chi connectivity index (χ3v) is 4.04. The Balaban J connectivity index is 3.63. The molecule has 0 spiro atoms. The Labute approximate surface area is 169 Å². The van der Waals surface area contributed by atoms with Crippen LogP contribution in [0, 0.1) is 0 Å². The van der Waals surface area contributed by atoms with Crippen LogP contribution in [-0.4, -0.2) is 41.4 Å². The molecule has 1 amide bonds. The van der Waals surface area contributed by atoms with Gasteiger partial charge in [0.1, 0.15) is 6.54 Å². The first-order valence-corrected chi connectivity index (χ1v) is 10.2. The van der Waals surface area contributed by atoms with E-state index in [1.165, 1.54) is 18.4 Å². The molecule has 0 aromatic heterocycles. The number of carboxylic acids is 1. The fourth-order valence-corrected chi connectivity index (χ4v) is 2.45. The van der Waals surface area contributed by atoms with E-state index < -0.39 is 5.97 Å². The maximum Gasteiger partial charge on any atom is 0.323 e. The van der Waals surface area contributed by atoms with E-state index in [1.54, 1.807) is 0 Å². The molecule has 0 heterocycles. The third kappa shape index (κ3) is 17.1. The number of carbonyl (C=O) groups excluding carboxylic acids is 1. The summed E-state index contributed by atoms with van der Waals surface area (Å²) in [5.41, 5.74) is 5.60. The van der Waals surface area contributed by atoms with Crippen molar-refractivity contribution in [1.29, 1.82) is 0 Å². The zero-order valence-corrected chi connectivity index (χ0v) is 17.5. The lowest BCUT2D eigenvalue weighted by Gasteiger charge is -2.14. The number of hydrogen-bond acceptors (Lipinski definition) is 2. The molecule has 0 rings (SSSR count). The zero-order valence-electron chi connectivity index (χ0n) is 17.5. The molecular weight excluding hydrogens is 354 g/mol. The number of carboxylic acid groups (broad SMARTS) is 1. The van der Waals surface area contributed by atoms with E-state index in [4.69, 9.17) is 10.8 Å². The molecule has 3 N–H and O–H groups in total. The van der Waals surface area contributed by atoms with Crippen LogP contribution >= 0.6 is 0 Å². The van der Waals surface area contributed by atoms with Crippen molar-refractivity contribution in [2.24, 2.45) is 10.7 Å². The van der Waals surface area contributed by atoms with Gasteiger partial charge in [-0.05, 0) is 38.5 Å². The highest BCUT2D eigenvalue weighted by Gasteiger charge is 2.08. The first-order chi connectivity index (χ1) is 13.5. The molecule has 0 bridgehead atoms. The Bertz CT molecular complexity index is 551. The fraction of sp³-hybridized carbons (Fsp3) is 0.591. The number of aliphatic imine (C=N–C) groups is 1. The quantitative estimate of drug-likeness (QED) is 0.186. The van der Waals surface area contributed by atoms with Crippen LogP contribution in [0.25, 0.3) is 0 Å². The van der Waals surface area contributed by atoms with Gasteiger partial charge in [0.05, 0.1) is 0 Å². The second kappa shape index (κ2) is 18.0. The molecule has 0 saturated carbocycles. The first kappa shape index (κ1) is 25.6. The van der Waals surface area contributed by atoms with Gasteiger partial charge >= 0.3 is 5.97 Å². The lowest BCUT2D eigenvalue weighted by atomic mass is 10.1. The molecule has 0 aliphatic heterocycles. The molecule has 0 aromatic carbocycles. The van der Waals surface area contributed by atoms with Gasteiger partial charge in [0.2, 0.25) is 5.91 Å². The van der Waals surface area contributed by atoms with E-state index in [0.717, 1.165) is 51.4 Å². The van der Waals surface area contributed by atoms with E-state index in [1.807, 2.05) is 0 Å². The average molecular weight is 392 g/mol. The van der Waals surface area contributed by atoms with Gasteiger partial charge < -0.3 is 15.7 Å². The van der Waals surface area contributed by atoms with Gasteiger partial charge in [0.25, 0.3) is 0 Å². The SMILES string of the molecule is CCC=CCC=CCC=CCCCCCCCC(=O)N=C(N)N(C)CC(=O)O. The average Bonchev–Trinajstić information content (AvgIpc) is 2.64. The molecule has 0 radical (unpaired) electrons. The molecule has 158 valence electrons. The number of nitrogens with zero attached hydrogens (tertiary/aromatic N) is 2. The van der Waals surface area contributed by atoms with Gasteiger partial charge in [0, 0.05) is 13.5 Å². The van der Waals surface area contributed by atoms with Crippen molar-refractivity contribution >= 4 is 17.8 Å². The predicted octanol–water partition coefficient (Wildman–Crippen LogP) is 4.43. The van der Waals surface area contributed by atoms with Crippen LogP contribution in [0.4, 0.5) is 0 Å². The van der Waals surface area contributed by atoms with Crippen LogP contribution in [0.15, 0.2) is 41.4 Å². The van der Waals surface area contributed by atoms with Crippen molar-refractivity contribution in [1.82, 2.24) is 4.90 Å². The lowest BCUT2D eigenvalue weighted by Crippen LogP contribution is -2.38. The summed E-state index contributed by atoms with van der Waals surface area (Å²) in [4.78, 5) is 27.3. The molecule has 28 heavy (non-hydrogen) atoms. The zero-order chi connectivity index (χ0) is 21.0. The number of aliphatic carboxylic acids is 1. The summed E-state index contributed by atoms with van der Waals surface area (Å²) >= 11 is 0. The van der Waals surface area contributed by atoms with Gasteiger partial charge in [-0.3, -0.25) is 9.59 Å². The van der Waals surface area contributed by atoms with Gasteiger partial charge in [0.15, 0.2) is 5.96 Å². The molecule has 6 heteroatoms. The highest BCUT2D eigenvalue weighted by Crippen LogP contribution is 2.08. The van der Waals surface area contributed by atoms with Crippen LogP contribution in [-0.2, 0) is 9.59 Å². The van der Waals surface area contributed by atoms with Gasteiger partial charge in [-0.2, -0.15) is 4.99 Å². The largest absolute Gasteiger partial charge is 0.480 e. The van der Waals surface area contributed by atoms with E-state index in [2.05, 4.69) is 48.4 Å². The first-order valence-electron chi connectivity index (χ1n) is 10.2. The summed E-state index contributed by atoms with van der Waals surface area (Å²) in [6.45, 7) is 1.86. The number of amides is 1. The van der Waals surface area contributed by atoms with Crippen LogP contribution in [0.1, 0.15) is 71.1 Å². The molecule has 6 nitrogen and oxygen atoms in total. The summed E-state index contributed by atoms with van der Waals surface area (Å²) in [5.74, 6) is -1.36. The molecule has 0 aromatic rings. The summed E-state index contributed by atoms with van der Waals surface area (Å²) < 4.78 is 0. The molecule has 0 saturated heterocycles. The summed E-state index contributed by atoms with van der Waals surface area (Å²) in [6.07, 6.45) is 22.9. The van der Waals surface area contributed by atoms with Crippen LogP contribution in [0.3, 0.4) is 0 Å². The van der Waals surface area contributed by atoms with Crippen molar-refractivity contribution in [2.45, 2.75) is 71.1 Å². The Morgan fingerprint density at radius 3 is 2.14 bits per heavy atom. The molecule has 0 atom stereocenters. The van der Waals surface area contributed by atoms with Gasteiger partial charge in [-0.1, -0.05) is 62.6 Å². The topological polar surface area (TPSA) is 96.0 Å². The Kier molecular flexibility index (Phi) is 16.5. The highest BCUT2D eigenvalue weighted by atomic mass is 16.4. The van der Waals surface area contributed by atoms with Crippen LogP contribution < -0.4 is 5.73 Å². The summed E-state index contributed by atoms with van der Waals surface area (Å²) in [6, 6.07) is 0. The molecular formula is C22H37N3O3. The van der Waals surface area contributed by atoms with E-state index >= 15 is 0 Å². The number of unbranched alkanes of at least 4 members (excludes halogenated alkanes) is 5. The van der Waals surface area contributed by atoms with Crippen molar-refractivity contribution in [3.05, 3.63) is 36.5 Å². The lowest BCUT2D eigenvalue weighted by molar-refractivity contribution is -0.137. The second-order valence-electron chi connectivity index (χ2n) is 6.71. The van der Waals surface area contributed by atoms with Crippen LogP contribution in [0.5, 0.6) is 0 Å². The number of carbonyl (C=O) groups is 2. The van der Waals surface area contributed by atoms with E-state index in [0.29, 0.717) is 6.42 Å². The number of allylic oxidation sites excluding steroid dienone is 6. The monoisotopic (exact) mass is 391 g/mol. The Morgan fingerprint density at radius 2 is 1.50 bits per heavy atom. The smallest absolute Gasteiger partial charge is 0.323 e. The van der Waals surface area contributed by atoms with E-state index in [9.17, 15) is 9.59 Å². The van der Waals surface area contributed by atoms with Crippen molar-refractivity contribution in [3.63, 3.8) is 0 Å². The number of guanidine groups is 1. The highest BCUT2D eigenvalue weighted by molar-refractivity contribution is 5.93. The molecule has 0 aliphatic carbocycles. The van der Waals surface area contributed by atoms with Crippen molar-refractivity contribution in [2.75, 3.05) is 13.6 Å². The Morgan fingerprint density at radius 1 is 0.929 bits per heavy atom. The molecule has 0 fully saturated rings. The summed E-state index contributed by atoms with van der Waals surface area (Å²) in [7, 11) is 1.50. The Hall–Kier alpha value is -2.37. The summed E-state index contributed by atoms with van der Waals surface area (Å²) in [5, 5.41) is 8.67. The second-order valence-corrected chi connectivity index (χ2v) is 6.71. The maximum absolute atomic E-state index is 11.7. The van der Waals surface area contributed by atoms with Gasteiger partial charge in [-0.15, -0.1) is 0 Å². The minimum atomic E-state index is -1.01. The van der Waals surface area contributed by atoms with Crippen LogP contribution in [0.2, 0.25) is 0 Å². The number of hydrogen-bond donors (Lipinski definition) is 2. The molecule has 0 unspecified atom stereocenters. The minimum Gasteiger partial charge on any atom is -0.480 e. The predicted molar refractivity (Wildman–Crippen MR) is 116 cm³/mol. The maximum atomic E-state index is 11.7. The number of nitrogens with two attached hydrogens (primary N) is 1. The standard InChI is InChI=1S/C22H37N3O3/c1-3-4-5-6-7-8-9-10-11-12-13-14-15-16-17-18-20(26)24-22(23)25(2)19-21(27)28/h4-5,7-8,10-11H,3,6,9,12-19H2,1-2H3,(H,27,28)(H2,23,24,26). The fourth-order valence-electron chi connectivity index (χ4n) is 2.45. The van der Waals surface area contributed by atoms with E-state index in [-0.39, 0.29) is 18.4 Å². The van der Waals surface area contributed by atoms with Crippen molar-refractivity contribution in [3.8, 4) is 0 Å². The normalized spacial score (nSPS) is 12.4. The number of rotatable bonds is 15. The molecule has 0 aliphatic rings. The van der Waals surface area contributed by atoms with Gasteiger partial charge in [-0.25, -0.2) is 0 Å². The van der Waals surface area contributed by atoms with Crippen molar-refractivity contribution < 1.29 is 14.7 Å².